The summed E-state index contributed by atoms with van der Waals surface area (Å²) in [7, 11) is 5.27. The predicted octanol–water partition coefficient (Wildman–Crippen LogP) is 21.5. The molecule has 0 saturated heterocycles. The van der Waals surface area contributed by atoms with Gasteiger partial charge in [0.2, 0.25) is 0 Å². The Labute approximate surface area is 548 Å². The Balaban J connectivity index is 0.000000219. The van der Waals surface area contributed by atoms with Crippen molar-refractivity contribution in [1.29, 1.82) is 0 Å². The molecule has 0 aromatic rings. The van der Waals surface area contributed by atoms with Gasteiger partial charge in [-0.1, -0.05) is 107 Å². The van der Waals surface area contributed by atoms with Crippen LogP contribution in [0.15, 0.2) is 0 Å². The first-order valence-corrected chi connectivity index (χ1v) is 38.7. The largest absolute Gasteiger partial charge is 0.381 e. The summed E-state index contributed by atoms with van der Waals surface area (Å²) in [5.41, 5.74) is 0.630. The van der Waals surface area contributed by atoms with Gasteiger partial charge in [0.15, 0.2) is 0 Å². The fraction of sp³-hybridized carbons (Fsp3) is 1.00. The topological polar surface area (TPSA) is 73.8 Å². The molecular weight excluding hydrogens is 1090 g/mol. The van der Waals surface area contributed by atoms with E-state index in [-0.39, 0.29) is 0 Å². The maximum Gasteiger partial charge on any atom is 0.0631 e. The van der Waals surface area contributed by atoms with Crippen molar-refractivity contribution in [2.75, 3.05) is 67.6 Å². The van der Waals surface area contributed by atoms with Gasteiger partial charge in [-0.05, 0) is 302 Å². The van der Waals surface area contributed by atoms with Crippen molar-refractivity contribution in [3.63, 3.8) is 0 Å². The molecule has 12 bridgehead atoms. The molecule has 8 unspecified atom stereocenters. The van der Waals surface area contributed by atoms with E-state index in [4.69, 9.17) is 37.9 Å². The van der Waals surface area contributed by atoms with Gasteiger partial charge < -0.3 is 37.9 Å². The van der Waals surface area contributed by atoms with E-state index in [1.807, 2.05) is 6.92 Å². The minimum atomic E-state index is 0.394. The van der Waals surface area contributed by atoms with Crippen LogP contribution in [-0.2, 0) is 37.9 Å². The van der Waals surface area contributed by atoms with Crippen LogP contribution in [0.4, 0.5) is 0 Å². The number of rotatable bonds is 22. The maximum absolute atomic E-state index is 5.92. The Kier molecular flexibility index (Phi) is 39.1. The van der Waals surface area contributed by atoms with Crippen LogP contribution in [0.25, 0.3) is 0 Å². The van der Waals surface area contributed by atoms with Crippen molar-refractivity contribution in [2.24, 2.45) is 118 Å². The highest BCUT2D eigenvalue weighted by molar-refractivity contribution is 5.02. The second-order valence-corrected chi connectivity index (χ2v) is 32.5. The summed E-state index contributed by atoms with van der Waals surface area (Å²) in [6.07, 6.45) is 41.4. The molecule has 0 amide bonds. The lowest BCUT2D eigenvalue weighted by Gasteiger charge is -2.56. The lowest BCUT2D eigenvalue weighted by atomic mass is 9.50. The van der Waals surface area contributed by atoms with Crippen LogP contribution in [0.5, 0.6) is 0 Å². The third-order valence-electron chi connectivity index (χ3n) is 25.3. The lowest BCUT2D eigenvalue weighted by Crippen LogP contribution is -2.49. The van der Waals surface area contributed by atoms with E-state index in [1.54, 1.807) is 53.4 Å². The lowest BCUT2D eigenvalue weighted by molar-refractivity contribution is -0.123. The first kappa shape index (κ1) is 80.1. The van der Waals surface area contributed by atoms with E-state index in [0.717, 1.165) is 135 Å². The number of methoxy groups -OCH3 is 3. The zero-order valence-corrected chi connectivity index (χ0v) is 62.5. The average molecular weight is 1240 g/mol. The molecular formula is C80H154O8. The molecule has 14 saturated carbocycles. The molecule has 14 aliphatic carbocycles. The van der Waals surface area contributed by atoms with E-state index < -0.39 is 0 Å². The molecule has 14 fully saturated rings. The molecule has 8 heteroatoms. The molecule has 0 heterocycles. The van der Waals surface area contributed by atoms with Crippen LogP contribution in [0.3, 0.4) is 0 Å². The van der Waals surface area contributed by atoms with E-state index in [2.05, 4.69) is 118 Å². The maximum atomic E-state index is 5.92. The van der Waals surface area contributed by atoms with Crippen molar-refractivity contribution >= 4 is 0 Å². The molecule has 14 aliphatic rings. The van der Waals surface area contributed by atoms with Crippen LogP contribution < -0.4 is 0 Å². The number of hydrogen-bond acceptors (Lipinski definition) is 8. The Hall–Kier alpha value is -0.320. The summed E-state index contributed by atoms with van der Waals surface area (Å²) >= 11 is 0. The van der Waals surface area contributed by atoms with Crippen LogP contribution in [0.2, 0.25) is 0 Å². The van der Waals surface area contributed by atoms with E-state index in [1.165, 1.54) is 135 Å². The van der Waals surface area contributed by atoms with Crippen LogP contribution in [0, 0.1) is 118 Å². The second-order valence-electron chi connectivity index (χ2n) is 32.5. The Bertz CT molecular complexity index is 1610. The van der Waals surface area contributed by atoms with Crippen molar-refractivity contribution in [3.05, 3.63) is 0 Å². The van der Waals surface area contributed by atoms with Gasteiger partial charge in [0.05, 0.1) is 43.2 Å². The Morgan fingerprint density at radius 2 is 0.807 bits per heavy atom. The van der Waals surface area contributed by atoms with Gasteiger partial charge in [-0.25, -0.2) is 0 Å². The summed E-state index contributed by atoms with van der Waals surface area (Å²) in [6, 6.07) is 0. The monoisotopic (exact) mass is 1240 g/mol. The van der Waals surface area contributed by atoms with Gasteiger partial charge in [0.25, 0.3) is 0 Å². The fourth-order valence-corrected chi connectivity index (χ4v) is 19.3. The van der Waals surface area contributed by atoms with Crippen molar-refractivity contribution in [1.82, 2.24) is 0 Å². The van der Waals surface area contributed by atoms with Crippen LogP contribution >= 0.6 is 0 Å². The molecule has 14 rings (SSSR count). The van der Waals surface area contributed by atoms with Gasteiger partial charge in [-0.2, -0.15) is 0 Å². The molecule has 522 valence electrons. The quantitative estimate of drug-likeness (QED) is 0.106. The first-order chi connectivity index (χ1) is 42.1. The zero-order chi connectivity index (χ0) is 64.9. The van der Waals surface area contributed by atoms with E-state index in [9.17, 15) is 0 Å². The highest BCUT2D eigenvalue weighted by Crippen LogP contribution is 2.60. The zero-order valence-electron chi connectivity index (χ0n) is 62.5. The third-order valence-corrected chi connectivity index (χ3v) is 25.3. The third kappa shape index (κ3) is 27.1. The average Bonchev–Trinajstić information content (AvgIpc) is 1.05. The normalized spacial score (nSPS) is 35.5. The highest BCUT2D eigenvalue weighted by atomic mass is 16.5. The molecule has 0 aromatic heterocycles. The molecule has 8 atom stereocenters. The molecule has 0 aromatic carbocycles. The smallest absolute Gasteiger partial charge is 0.0631 e. The van der Waals surface area contributed by atoms with E-state index in [0.29, 0.717) is 65.7 Å². The van der Waals surface area contributed by atoms with E-state index >= 15 is 0 Å². The molecule has 0 N–H and O–H groups in total. The van der Waals surface area contributed by atoms with Crippen molar-refractivity contribution in [3.8, 4) is 0 Å². The van der Waals surface area contributed by atoms with Gasteiger partial charge >= 0.3 is 0 Å². The first-order valence-electron chi connectivity index (χ1n) is 38.7. The minimum absolute atomic E-state index is 0.394. The van der Waals surface area contributed by atoms with Gasteiger partial charge in [-0.3, -0.25) is 0 Å². The summed E-state index contributed by atoms with van der Waals surface area (Å²) in [5.74, 6) is 17.9. The standard InChI is InChI=1S/C14H26O.2C13H22O.C12H20O.C8H18O.2C7H16O.C6H14O/c1-2-15-14-10-6-9-13(11-14)12-7-4-3-5-8-12;1-2-14-9-13-6-10-3-11(7-13)5-12(4-10)8-13;1-2-14-8-13-11-4-9-3-10(6-11)7-12(13)5-9;1-2-13-12-10-4-8-3-9(6-10)7-11(12)5-8;1-6(2)7(3)8(4)9-5;1-5-6(2)7(3)8-4;1-5-8-7(4)6(2)3;1-5(2)6(3)7-4/h12-14H,2-11H2,1H3;10-12H,2-9H2,1H3;9-13H,2-8H2,1H3;8-12H,2-7H2,1H3;6-8H,1-5H3;2*6-7H,5H2,1-4H3;5-6H,1-4H3. The summed E-state index contributed by atoms with van der Waals surface area (Å²) < 4.78 is 43.7. The summed E-state index contributed by atoms with van der Waals surface area (Å²) in [5, 5.41) is 0. The molecule has 0 aliphatic heterocycles. The Morgan fingerprint density at radius 3 is 1.16 bits per heavy atom. The molecule has 0 spiro atoms. The van der Waals surface area contributed by atoms with Gasteiger partial charge in [0.1, 0.15) is 0 Å². The van der Waals surface area contributed by atoms with Crippen LogP contribution in [0.1, 0.15) is 292 Å². The molecule has 8 nitrogen and oxygen atoms in total. The summed E-state index contributed by atoms with van der Waals surface area (Å²) in [4.78, 5) is 0. The SMILES string of the molecule is CCC(C)C(C)OC.CCOC(C)C(C)C.CCOC1C2CC3CC(C2)CC1C3.CCOC1CCCC(C2CCCCC2)C1.CCOCC12CC3CC(CC(C3)C1)C2.CCOCC1C2CC3CC(C2)CC1C3.COC(C)C(C)C.COC(C)C(C)C(C)C. The van der Waals surface area contributed by atoms with Crippen molar-refractivity contribution in [2.45, 2.75) is 328 Å². The predicted molar refractivity (Wildman–Crippen MR) is 374 cm³/mol. The minimum Gasteiger partial charge on any atom is -0.381 e. The number of ether oxygens (including phenoxy) is 8. The fourth-order valence-electron chi connectivity index (χ4n) is 19.3. The van der Waals surface area contributed by atoms with Gasteiger partial charge in [0, 0.05) is 61.0 Å². The van der Waals surface area contributed by atoms with Crippen molar-refractivity contribution < 1.29 is 37.9 Å². The number of hydrogen-bond donors (Lipinski definition) is 0. The Morgan fingerprint density at radius 1 is 0.364 bits per heavy atom. The second kappa shape index (κ2) is 43.0. The highest BCUT2D eigenvalue weighted by Gasteiger charge is 2.52. The molecule has 88 heavy (non-hydrogen) atoms. The molecule has 0 radical (unpaired) electrons. The summed E-state index contributed by atoms with van der Waals surface area (Å²) in [6.45, 7) is 45.2. The van der Waals surface area contributed by atoms with Crippen LogP contribution in [-0.4, -0.2) is 104 Å². The van der Waals surface area contributed by atoms with Gasteiger partial charge in [-0.15, -0.1) is 0 Å².